The number of carbonyl (C=O) groups excluding carboxylic acids is 2. The second kappa shape index (κ2) is 8.31. The third-order valence-electron chi connectivity index (χ3n) is 4.58. The Morgan fingerprint density at radius 3 is 2.50 bits per heavy atom. The average molecular weight is 384 g/mol. The van der Waals surface area contributed by atoms with Gasteiger partial charge in [0.05, 0.1) is 18.4 Å². The molecule has 0 aliphatic carbocycles. The van der Waals surface area contributed by atoms with Crippen LogP contribution in [0.25, 0.3) is 5.76 Å². The van der Waals surface area contributed by atoms with Gasteiger partial charge in [0.15, 0.2) is 0 Å². The molecule has 1 aliphatic heterocycles. The molecule has 7 nitrogen and oxygen atoms in total. The van der Waals surface area contributed by atoms with E-state index in [0.29, 0.717) is 36.8 Å². The van der Waals surface area contributed by atoms with Crippen LogP contribution in [0.15, 0.2) is 52.7 Å². The Labute approximate surface area is 163 Å². The Balaban J connectivity index is 2.04. The van der Waals surface area contributed by atoms with Gasteiger partial charge >= 0.3 is 0 Å². The molecule has 2 heterocycles. The quantitative estimate of drug-likeness (QED) is 0.449. The third-order valence-corrected chi connectivity index (χ3v) is 4.58. The fraction of sp³-hybridized carbons (Fsp3) is 0.333. The average Bonchev–Trinajstić information content (AvgIpc) is 3.28. The Kier molecular flexibility index (Phi) is 5.84. The highest BCUT2D eigenvalue weighted by Crippen LogP contribution is 2.39. The van der Waals surface area contributed by atoms with Gasteiger partial charge in [-0.05, 0) is 57.4 Å². The second-order valence-corrected chi connectivity index (χ2v) is 6.77. The molecule has 148 valence electrons. The van der Waals surface area contributed by atoms with E-state index in [9.17, 15) is 14.7 Å². The van der Waals surface area contributed by atoms with Gasteiger partial charge in [-0.25, -0.2) is 0 Å². The summed E-state index contributed by atoms with van der Waals surface area (Å²) in [4.78, 5) is 28.8. The lowest BCUT2D eigenvalue weighted by Gasteiger charge is -2.24. The fourth-order valence-electron chi connectivity index (χ4n) is 3.19. The van der Waals surface area contributed by atoms with Crippen molar-refractivity contribution in [2.45, 2.75) is 13.0 Å². The summed E-state index contributed by atoms with van der Waals surface area (Å²) >= 11 is 0. The van der Waals surface area contributed by atoms with Gasteiger partial charge in [0, 0.05) is 18.7 Å². The number of likely N-dealkylation sites (tertiary alicyclic amines) is 1. The van der Waals surface area contributed by atoms with E-state index in [4.69, 9.17) is 9.15 Å². The maximum absolute atomic E-state index is 12.8. The van der Waals surface area contributed by atoms with Crippen LogP contribution in [0.5, 0.6) is 5.75 Å². The van der Waals surface area contributed by atoms with Gasteiger partial charge in [0.1, 0.15) is 23.3 Å². The summed E-state index contributed by atoms with van der Waals surface area (Å²) < 4.78 is 10.9. The predicted molar refractivity (Wildman–Crippen MR) is 104 cm³/mol. The van der Waals surface area contributed by atoms with Gasteiger partial charge in [0.25, 0.3) is 11.7 Å². The van der Waals surface area contributed by atoms with Crippen LogP contribution >= 0.6 is 0 Å². The number of rotatable bonds is 7. The molecule has 1 N–H and O–H groups in total. The van der Waals surface area contributed by atoms with Gasteiger partial charge in [-0.2, -0.15) is 0 Å². The molecule has 0 saturated carbocycles. The number of Topliss-reactive ketones (excluding diaryl/α,β-unsaturated/α-hetero) is 1. The smallest absolute Gasteiger partial charge is 0.295 e. The lowest BCUT2D eigenvalue weighted by Crippen LogP contribution is -2.35. The molecule has 1 saturated heterocycles. The number of amides is 1. The van der Waals surface area contributed by atoms with Crippen molar-refractivity contribution in [2.75, 3.05) is 33.8 Å². The monoisotopic (exact) mass is 384 g/mol. The molecule has 1 amide bonds. The summed E-state index contributed by atoms with van der Waals surface area (Å²) in [5.41, 5.74) is 0.466. The molecule has 1 aromatic carbocycles. The molecule has 2 aromatic rings. The van der Waals surface area contributed by atoms with E-state index in [1.54, 1.807) is 36.4 Å². The maximum atomic E-state index is 12.8. The number of furan rings is 1. The second-order valence-electron chi connectivity index (χ2n) is 6.77. The van der Waals surface area contributed by atoms with Crippen LogP contribution in [0.3, 0.4) is 0 Å². The first kappa shape index (κ1) is 19.7. The normalized spacial score (nSPS) is 18.9. The van der Waals surface area contributed by atoms with Crippen LogP contribution in [0.1, 0.15) is 24.3 Å². The molecule has 1 unspecified atom stereocenters. The van der Waals surface area contributed by atoms with E-state index in [-0.39, 0.29) is 11.3 Å². The molecular weight excluding hydrogens is 360 g/mol. The van der Waals surface area contributed by atoms with E-state index in [0.717, 1.165) is 0 Å². The highest BCUT2D eigenvalue weighted by atomic mass is 16.5. The van der Waals surface area contributed by atoms with Crippen LogP contribution < -0.4 is 4.74 Å². The molecule has 7 heteroatoms. The summed E-state index contributed by atoms with van der Waals surface area (Å²) in [5, 5.41) is 10.9. The number of aliphatic hydroxyl groups is 1. The zero-order valence-corrected chi connectivity index (χ0v) is 16.2. The molecule has 28 heavy (non-hydrogen) atoms. The summed E-state index contributed by atoms with van der Waals surface area (Å²) in [7, 11) is 3.77. The number of benzene rings is 1. The first-order chi connectivity index (χ1) is 13.4. The van der Waals surface area contributed by atoms with E-state index in [1.807, 2.05) is 25.9 Å². The number of likely N-dealkylation sites (N-methyl/N-ethyl adjacent to an activating group) is 1. The van der Waals surface area contributed by atoms with Crippen LogP contribution in [0.2, 0.25) is 0 Å². The zero-order valence-electron chi connectivity index (χ0n) is 16.2. The zero-order chi connectivity index (χ0) is 20.3. The SMILES string of the molecule is CCOc1ccc(/C(O)=C2/C(=O)C(=O)N(CCN(C)C)C2c2ccco2)cc1. The van der Waals surface area contributed by atoms with E-state index < -0.39 is 17.7 Å². The predicted octanol–water partition coefficient (Wildman–Crippen LogP) is 2.66. The number of hydrogen-bond acceptors (Lipinski definition) is 6. The lowest BCUT2D eigenvalue weighted by molar-refractivity contribution is -0.140. The maximum Gasteiger partial charge on any atom is 0.295 e. The third kappa shape index (κ3) is 3.80. The fourth-order valence-corrected chi connectivity index (χ4v) is 3.19. The van der Waals surface area contributed by atoms with Gasteiger partial charge < -0.3 is 24.1 Å². The largest absolute Gasteiger partial charge is 0.507 e. The van der Waals surface area contributed by atoms with Gasteiger partial charge in [-0.1, -0.05) is 0 Å². The molecule has 0 bridgehead atoms. The molecule has 3 rings (SSSR count). The Morgan fingerprint density at radius 2 is 1.93 bits per heavy atom. The Bertz CT molecular complexity index is 869. The summed E-state index contributed by atoms with van der Waals surface area (Å²) in [6, 6.07) is 9.37. The van der Waals surface area contributed by atoms with E-state index in [1.165, 1.54) is 11.2 Å². The molecule has 1 atom stereocenters. The number of aliphatic hydroxyl groups excluding tert-OH is 1. The first-order valence-corrected chi connectivity index (χ1v) is 9.13. The van der Waals surface area contributed by atoms with Gasteiger partial charge in [-0.3, -0.25) is 9.59 Å². The van der Waals surface area contributed by atoms with Crippen LogP contribution in [-0.2, 0) is 9.59 Å². The summed E-state index contributed by atoms with van der Waals surface area (Å²) in [6.45, 7) is 3.32. The minimum absolute atomic E-state index is 0.0304. The standard InChI is InChI=1S/C21H24N2O5/c1-4-27-15-9-7-14(8-10-15)19(24)17-18(16-6-5-13-28-16)23(12-11-22(2)3)21(26)20(17)25/h5-10,13,18,24H,4,11-12H2,1-3H3/b19-17-. The van der Waals surface area contributed by atoms with Crippen LogP contribution in [0.4, 0.5) is 0 Å². The molecule has 1 fully saturated rings. The Hall–Kier alpha value is -3.06. The molecular formula is C21H24N2O5. The van der Waals surface area contributed by atoms with Crippen molar-refractivity contribution in [1.29, 1.82) is 0 Å². The van der Waals surface area contributed by atoms with Crippen molar-refractivity contribution in [1.82, 2.24) is 9.80 Å². The lowest BCUT2D eigenvalue weighted by atomic mass is 9.99. The van der Waals surface area contributed by atoms with Crippen molar-refractivity contribution in [3.8, 4) is 5.75 Å². The van der Waals surface area contributed by atoms with E-state index in [2.05, 4.69) is 0 Å². The number of ether oxygens (including phenoxy) is 1. The van der Waals surface area contributed by atoms with E-state index >= 15 is 0 Å². The number of nitrogens with zero attached hydrogens (tertiary/aromatic N) is 2. The topological polar surface area (TPSA) is 83.2 Å². The molecule has 0 radical (unpaired) electrons. The highest BCUT2D eigenvalue weighted by molar-refractivity contribution is 6.46. The minimum atomic E-state index is -0.762. The number of ketones is 1. The molecule has 0 spiro atoms. The summed E-state index contributed by atoms with van der Waals surface area (Å²) in [6.07, 6.45) is 1.48. The number of hydrogen-bond donors (Lipinski definition) is 1. The van der Waals surface area contributed by atoms with Crippen LogP contribution in [0, 0.1) is 0 Å². The van der Waals surface area contributed by atoms with Crippen molar-refractivity contribution in [2.24, 2.45) is 0 Å². The van der Waals surface area contributed by atoms with Crippen LogP contribution in [-0.4, -0.2) is 60.4 Å². The van der Waals surface area contributed by atoms with Crippen molar-refractivity contribution < 1.29 is 23.8 Å². The molecule has 1 aromatic heterocycles. The summed E-state index contributed by atoms with van der Waals surface area (Å²) in [5.74, 6) is -0.490. The first-order valence-electron chi connectivity index (χ1n) is 9.13. The van der Waals surface area contributed by atoms with Gasteiger partial charge in [0.2, 0.25) is 0 Å². The van der Waals surface area contributed by atoms with Crippen molar-refractivity contribution in [3.63, 3.8) is 0 Å². The van der Waals surface area contributed by atoms with Gasteiger partial charge in [-0.15, -0.1) is 0 Å². The minimum Gasteiger partial charge on any atom is -0.507 e. The highest BCUT2D eigenvalue weighted by Gasteiger charge is 2.47. The molecule has 1 aliphatic rings. The Morgan fingerprint density at radius 1 is 1.21 bits per heavy atom. The van der Waals surface area contributed by atoms with Crippen molar-refractivity contribution in [3.05, 3.63) is 59.6 Å². The van der Waals surface area contributed by atoms with Crippen molar-refractivity contribution >= 4 is 17.4 Å². The number of carbonyl (C=O) groups is 2.